The summed E-state index contributed by atoms with van der Waals surface area (Å²) < 4.78 is 23.3. The number of benzene rings is 1. The van der Waals surface area contributed by atoms with E-state index in [-0.39, 0.29) is 41.6 Å². The van der Waals surface area contributed by atoms with E-state index < -0.39 is 23.1 Å². The van der Waals surface area contributed by atoms with Gasteiger partial charge in [-0.25, -0.2) is 0 Å². The summed E-state index contributed by atoms with van der Waals surface area (Å²) in [6.45, 7) is 8.40. The van der Waals surface area contributed by atoms with Crippen LogP contribution in [-0.2, 0) is 26.5 Å². The number of hydrogen-bond donors (Lipinski definition) is 1. The van der Waals surface area contributed by atoms with E-state index in [0.29, 0.717) is 10.9 Å². The largest absolute Gasteiger partial charge is 2.00 e. The topological polar surface area (TPSA) is 163 Å². The Labute approximate surface area is 414 Å². The number of aryl methyl sites for hydroxylation is 1. The van der Waals surface area contributed by atoms with Crippen LogP contribution in [0.2, 0.25) is 0 Å². The first-order valence-corrected chi connectivity index (χ1v) is 26.7. The third-order valence-electron chi connectivity index (χ3n) is 11.9. The number of nitrogens with one attached hydrogen (secondary N) is 1. The number of ether oxygens (including phenoxy) is 2. The van der Waals surface area contributed by atoms with Crippen LogP contribution in [-0.4, -0.2) is 68.7 Å². The van der Waals surface area contributed by atoms with Crippen LogP contribution >= 0.6 is 0 Å². The Hall–Kier alpha value is -2.54. The number of carboxylic acids is 2. The summed E-state index contributed by atoms with van der Waals surface area (Å²) in [6, 6.07) is 5.51. The summed E-state index contributed by atoms with van der Waals surface area (Å²) in [5.74, 6) is -0.0303. The van der Waals surface area contributed by atoms with Crippen LogP contribution < -0.4 is 19.7 Å². The first-order chi connectivity index (χ1) is 31.1. The van der Waals surface area contributed by atoms with E-state index in [2.05, 4.69) is 28.8 Å². The Kier molecular flexibility index (Phi) is 41.1. The summed E-state index contributed by atoms with van der Waals surface area (Å²) in [5.41, 5.74) is 4.16. The smallest absolute Gasteiger partial charge is 0.609 e. The van der Waals surface area contributed by atoms with Gasteiger partial charge in [0.1, 0.15) is 11.5 Å². The molecule has 0 bridgehead atoms. The minimum absolute atomic E-state index is 0. The van der Waals surface area contributed by atoms with Crippen molar-refractivity contribution < 1.29 is 33.8 Å². The number of fused-ring (bicyclic) bond motifs is 1. The zero-order valence-electron chi connectivity index (χ0n) is 42.0. The molecule has 0 amide bonds. The van der Waals surface area contributed by atoms with Crippen molar-refractivity contribution in [2.45, 2.75) is 244 Å². The van der Waals surface area contributed by atoms with Gasteiger partial charge in [0, 0.05) is 46.5 Å². The van der Waals surface area contributed by atoms with E-state index >= 15 is 0 Å². The molecule has 0 aliphatic heterocycles. The molecule has 1 atom stereocenters. The normalized spacial score (nSPS) is 11.2. The van der Waals surface area contributed by atoms with E-state index in [1.165, 1.54) is 167 Å². The zero-order valence-corrected chi connectivity index (χ0v) is 44.2. The minimum atomic E-state index is -1.33. The average molecular weight is 937 g/mol. The van der Waals surface area contributed by atoms with Crippen molar-refractivity contribution in [3.05, 3.63) is 41.2 Å². The first-order valence-electron chi connectivity index (χ1n) is 25.4. The molecule has 0 spiro atoms. The molecule has 1 N–H and O–H groups in total. The standard InChI is InChI=1S/2C18H36O2.C17H19N3O3S.Mg/c2*1-2-3-4-5-6-7-8-9-10-11-12-13-14-15-16-17-18(19)20;1-10-8-18-15(11(2)16(10)23-4)9-24(21)17-19-13-6-5-12(22-3)7-14(13)20-17;/h2*2-17H2,1H3,(H,19,20);5-8H,9H2,1-4H3,(H,19,20);/q;;;+2/p-2. The van der Waals surface area contributed by atoms with Gasteiger partial charge in [0.15, 0.2) is 5.75 Å². The summed E-state index contributed by atoms with van der Waals surface area (Å²) >= 11 is -1.33. The van der Waals surface area contributed by atoms with Crippen LogP contribution in [0, 0.1) is 13.8 Å². The number of unbranched alkanes of at least 4 members (excludes halogenated alkanes) is 28. The second kappa shape index (κ2) is 42.8. The van der Waals surface area contributed by atoms with E-state index in [9.17, 15) is 24.4 Å². The molecule has 3 rings (SSSR count). The van der Waals surface area contributed by atoms with Gasteiger partial charge in [-0.2, -0.15) is 4.98 Å². The molecule has 0 saturated heterocycles. The van der Waals surface area contributed by atoms with Crippen molar-refractivity contribution in [2.75, 3.05) is 14.2 Å². The Morgan fingerprint density at radius 3 is 1.34 bits per heavy atom. The maximum Gasteiger partial charge on any atom is 2.00 e. The summed E-state index contributed by atoms with van der Waals surface area (Å²) in [6.07, 6.45) is 41.5. The molecule has 2 aromatic heterocycles. The quantitative estimate of drug-likeness (QED) is 0.0337. The number of methoxy groups -OCH3 is 2. The molecular formula is C53H89MgN3O7S. The van der Waals surface area contributed by atoms with Crippen molar-refractivity contribution in [1.82, 2.24) is 15.0 Å². The molecule has 366 valence electrons. The Morgan fingerprint density at radius 1 is 0.600 bits per heavy atom. The number of aromatic nitrogens is 3. The number of hydrogen-bond acceptors (Lipinski definition) is 9. The van der Waals surface area contributed by atoms with Gasteiger partial charge >= 0.3 is 28.2 Å². The van der Waals surface area contributed by atoms with Gasteiger partial charge < -0.3 is 33.8 Å². The number of carboxylic acid groups (broad SMARTS) is 2. The SMILES string of the molecule is CCCCCCCCCCCCCCCCCC(=O)[O-].CCCCCCCCCCCCCCCCCC(=O)[O-].COc1ccc2[nH]c([S+]([O-])Cc3ncc(C)c(OC)c3C)nc2c1.[Mg+2]. The third kappa shape index (κ3) is 32.7. The Bertz CT molecular complexity index is 1560. The van der Waals surface area contributed by atoms with Gasteiger partial charge in [-0.1, -0.05) is 194 Å². The fraction of sp³-hybridized carbons (Fsp3) is 0.736. The zero-order chi connectivity index (χ0) is 47.0. The van der Waals surface area contributed by atoms with Crippen LogP contribution in [0.5, 0.6) is 11.5 Å². The van der Waals surface area contributed by atoms with Gasteiger partial charge in [0.05, 0.1) is 30.9 Å². The van der Waals surface area contributed by atoms with Gasteiger partial charge in [-0.05, 0) is 51.7 Å². The number of imidazole rings is 1. The summed E-state index contributed by atoms with van der Waals surface area (Å²) in [7, 11) is 3.23. The molecule has 1 aromatic carbocycles. The molecular weight excluding hydrogens is 847 g/mol. The predicted octanol–water partition coefficient (Wildman–Crippen LogP) is 12.5. The van der Waals surface area contributed by atoms with Gasteiger partial charge in [0.25, 0.3) is 0 Å². The number of nitrogens with zero attached hydrogens (tertiary/aromatic N) is 2. The van der Waals surface area contributed by atoms with E-state index in [1.54, 1.807) is 20.4 Å². The van der Waals surface area contributed by atoms with E-state index in [1.807, 2.05) is 32.0 Å². The van der Waals surface area contributed by atoms with Crippen LogP contribution in [0.3, 0.4) is 0 Å². The van der Waals surface area contributed by atoms with E-state index in [4.69, 9.17) is 9.47 Å². The van der Waals surface area contributed by atoms with Crippen LogP contribution in [0.1, 0.15) is 236 Å². The molecule has 0 aliphatic rings. The molecule has 0 fully saturated rings. The van der Waals surface area contributed by atoms with Crippen LogP contribution in [0.25, 0.3) is 11.0 Å². The van der Waals surface area contributed by atoms with Gasteiger partial charge in [-0.3, -0.25) is 9.97 Å². The average Bonchev–Trinajstić information content (AvgIpc) is 3.72. The second-order valence-electron chi connectivity index (χ2n) is 17.6. The van der Waals surface area contributed by atoms with Crippen molar-refractivity contribution >= 4 is 57.2 Å². The number of carbonyl (C=O) groups excluding carboxylic acids is 2. The second-order valence-corrected chi connectivity index (χ2v) is 19.0. The number of carbonyl (C=O) groups is 2. The molecule has 1 unspecified atom stereocenters. The fourth-order valence-electron chi connectivity index (χ4n) is 7.89. The summed E-state index contributed by atoms with van der Waals surface area (Å²) in [4.78, 5) is 32.4. The van der Waals surface area contributed by atoms with E-state index in [0.717, 1.165) is 59.3 Å². The Morgan fingerprint density at radius 2 is 0.985 bits per heavy atom. The molecule has 0 radical (unpaired) electrons. The van der Waals surface area contributed by atoms with Crippen LogP contribution in [0.15, 0.2) is 29.6 Å². The third-order valence-corrected chi connectivity index (χ3v) is 13.0. The van der Waals surface area contributed by atoms with Crippen molar-refractivity contribution in [3.63, 3.8) is 0 Å². The molecule has 2 heterocycles. The monoisotopic (exact) mass is 936 g/mol. The molecule has 12 heteroatoms. The number of aromatic amines is 1. The Balaban J connectivity index is 0.000000946. The molecule has 3 aromatic rings. The number of aliphatic carboxylic acids is 2. The van der Waals surface area contributed by atoms with Crippen molar-refractivity contribution in [1.29, 1.82) is 0 Å². The van der Waals surface area contributed by atoms with Gasteiger partial charge in [0.2, 0.25) is 0 Å². The molecule has 10 nitrogen and oxygen atoms in total. The van der Waals surface area contributed by atoms with Gasteiger partial charge in [-0.15, -0.1) is 0 Å². The van der Waals surface area contributed by atoms with Crippen LogP contribution in [0.4, 0.5) is 0 Å². The molecule has 65 heavy (non-hydrogen) atoms. The number of rotatable bonds is 37. The van der Waals surface area contributed by atoms with Crippen molar-refractivity contribution in [2.24, 2.45) is 0 Å². The number of H-pyrrole nitrogens is 1. The summed E-state index contributed by atoms with van der Waals surface area (Å²) in [5, 5.41) is 20.9. The first kappa shape index (κ1) is 62.5. The minimum Gasteiger partial charge on any atom is -0.609 e. The predicted molar refractivity (Wildman–Crippen MR) is 268 cm³/mol. The molecule has 0 aliphatic carbocycles. The van der Waals surface area contributed by atoms with Crippen molar-refractivity contribution in [3.8, 4) is 11.5 Å². The maximum atomic E-state index is 12.7. The fourth-order valence-corrected chi connectivity index (χ4v) is 8.99. The maximum absolute atomic E-state index is 12.7. The molecule has 0 saturated carbocycles. The number of pyridine rings is 1.